The number of rotatable bonds is 1. The highest BCUT2D eigenvalue weighted by Gasteiger charge is 2.14. The Morgan fingerprint density at radius 3 is 2.43 bits per heavy atom. The van der Waals surface area contributed by atoms with E-state index in [1.807, 2.05) is 12.1 Å². The normalized spacial score (nSPS) is 10.9. The Labute approximate surface area is 88.3 Å². The predicted molar refractivity (Wildman–Crippen MR) is 59.0 cm³/mol. The molecular formula is C10H12ClN3. The van der Waals surface area contributed by atoms with Crippen molar-refractivity contribution in [2.45, 2.75) is 26.2 Å². The van der Waals surface area contributed by atoms with E-state index in [4.69, 9.17) is 17.1 Å². The summed E-state index contributed by atoms with van der Waals surface area (Å²) in [5.41, 5.74) is 9.93. The van der Waals surface area contributed by atoms with Crippen LogP contribution in [0.25, 0.3) is 10.4 Å². The maximum Gasteiger partial charge on any atom is 0.0561 e. The van der Waals surface area contributed by atoms with Gasteiger partial charge in [0.15, 0.2) is 0 Å². The van der Waals surface area contributed by atoms with Gasteiger partial charge in [-0.05, 0) is 22.6 Å². The van der Waals surface area contributed by atoms with Crippen LogP contribution in [0.2, 0.25) is 5.02 Å². The van der Waals surface area contributed by atoms with Crippen LogP contribution in [-0.4, -0.2) is 0 Å². The van der Waals surface area contributed by atoms with Gasteiger partial charge in [0.25, 0.3) is 0 Å². The highest BCUT2D eigenvalue weighted by atomic mass is 35.5. The summed E-state index contributed by atoms with van der Waals surface area (Å²) in [4.78, 5) is 2.70. The number of hydrogen-bond acceptors (Lipinski definition) is 1. The van der Waals surface area contributed by atoms with Crippen molar-refractivity contribution < 1.29 is 0 Å². The summed E-state index contributed by atoms with van der Waals surface area (Å²) in [5, 5.41) is 3.97. The van der Waals surface area contributed by atoms with Gasteiger partial charge in [0, 0.05) is 4.91 Å². The first kappa shape index (κ1) is 10.9. The lowest BCUT2D eigenvalue weighted by atomic mass is 9.87. The van der Waals surface area contributed by atoms with Crippen molar-refractivity contribution in [3.05, 3.63) is 39.2 Å². The van der Waals surface area contributed by atoms with Crippen LogP contribution < -0.4 is 0 Å². The van der Waals surface area contributed by atoms with Crippen molar-refractivity contribution in [3.8, 4) is 0 Å². The number of benzene rings is 1. The monoisotopic (exact) mass is 209 g/mol. The summed E-state index contributed by atoms with van der Waals surface area (Å²) in [6, 6.07) is 5.50. The molecule has 0 radical (unpaired) electrons. The van der Waals surface area contributed by atoms with Crippen LogP contribution in [0.5, 0.6) is 0 Å². The number of nitrogens with zero attached hydrogens (tertiary/aromatic N) is 3. The summed E-state index contributed by atoms with van der Waals surface area (Å²) in [7, 11) is 0. The third-order valence-electron chi connectivity index (χ3n) is 1.97. The summed E-state index contributed by atoms with van der Waals surface area (Å²) in [6.45, 7) is 6.31. The largest absolute Gasteiger partial charge is 0.0838 e. The summed E-state index contributed by atoms with van der Waals surface area (Å²) in [6.07, 6.45) is 0. The Morgan fingerprint density at radius 2 is 2.00 bits per heavy atom. The second-order valence-electron chi connectivity index (χ2n) is 4.11. The minimum Gasteiger partial charge on any atom is -0.0838 e. The van der Waals surface area contributed by atoms with Crippen molar-refractivity contribution >= 4 is 17.3 Å². The van der Waals surface area contributed by atoms with Gasteiger partial charge < -0.3 is 0 Å². The van der Waals surface area contributed by atoms with Crippen molar-refractivity contribution in [3.63, 3.8) is 0 Å². The summed E-state index contributed by atoms with van der Waals surface area (Å²) in [5.74, 6) is 0. The third kappa shape index (κ3) is 2.41. The molecule has 0 aliphatic heterocycles. The minimum atomic E-state index is 0.0541. The Hall–Kier alpha value is -1.18. The number of azide groups is 1. The van der Waals surface area contributed by atoms with Crippen LogP contribution in [0, 0.1) is 0 Å². The SMILES string of the molecule is CC(C)(C)c1ccc(N=[N+]=[N-])c(Cl)c1. The molecule has 0 saturated heterocycles. The quantitative estimate of drug-likeness (QED) is 0.369. The fourth-order valence-electron chi connectivity index (χ4n) is 1.10. The maximum atomic E-state index is 8.27. The zero-order chi connectivity index (χ0) is 10.8. The molecular weight excluding hydrogens is 198 g/mol. The first-order valence-corrected chi connectivity index (χ1v) is 4.68. The van der Waals surface area contributed by atoms with Crippen molar-refractivity contribution in [2.75, 3.05) is 0 Å². The van der Waals surface area contributed by atoms with Crippen LogP contribution in [0.3, 0.4) is 0 Å². The highest BCUT2D eigenvalue weighted by Crippen LogP contribution is 2.31. The van der Waals surface area contributed by atoms with Gasteiger partial charge in [0.1, 0.15) is 0 Å². The Balaban J connectivity index is 3.19. The molecule has 0 fully saturated rings. The van der Waals surface area contributed by atoms with Crippen LogP contribution >= 0.6 is 11.6 Å². The van der Waals surface area contributed by atoms with Crippen LogP contribution in [0.1, 0.15) is 26.3 Å². The average molecular weight is 210 g/mol. The van der Waals surface area contributed by atoms with E-state index in [0.717, 1.165) is 5.56 Å². The molecule has 3 nitrogen and oxygen atoms in total. The smallest absolute Gasteiger partial charge is 0.0561 e. The van der Waals surface area contributed by atoms with Crippen LogP contribution in [0.15, 0.2) is 23.3 Å². The Bertz CT molecular complexity index is 387. The Morgan fingerprint density at radius 1 is 1.36 bits per heavy atom. The Kier molecular flexibility index (Phi) is 3.04. The molecule has 0 unspecified atom stereocenters. The van der Waals surface area contributed by atoms with Gasteiger partial charge in [-0.15, -0.1) is 0 Å². The topological polar surface area (TPSA) is 48.8 Å². The molecule has 0 spiro atoms. The van der Waals surface area contributed by atoms with E-state index in [1.165, 1.54) is 0 Å². The van der Waals surface area contributed by atoms with Gasteiger partial charge in [-0.1, -0.05) is 49.6 Å². The van der Waals surface area contributed by atoms with E-state index < -0.39 is 0 Å². The molecule has 0 heterocycles. The molecule has 1 rings (SSSR count). The van der Waals surface area contributed by atoms with Gasteiger partial charge in [-0.3, -0.25) is 0 Å². The maximum absolute atomic E-state index is 8.27. The standard InChI is InChI=1S/C10H12ClN3/c1-10(2,3)7-4-5-9(13-14-12)8(11)6-7/h4-6H,1-3H3. The van der Waals surface area contributed by atoms with E-state index in [2.05, 4.69) is 30.8 Å². The fourth-order valence-corrected chi connectivity index (χ4v) is 1.32. The van der Waals surface area contributed by atoms with Crippen molar-refractivity contribution in [2.24, 2.45) is 5.11 Å². The molecule has 0 bridgehead atoms. The molecule has 0 N–H and O–H groups in total. The zero-order valence-corrected chi connectivity index (χ0v) is 9.21. The van der Waals surface area contributed by atoms with Crippen molar-refractivity contribution in [1.29, 1.82) is 0 Å². The van der Waals surface area contributed by atoms with Crippen LogP contribution in [-0.2, 0) is 5.41 Å². The zero-order valence-electron chi connectivity index (χ0n) is 8.45. The summed E-state index contributed by atoms with van der Waals surface area (Å²) < 4.78 is 0. The first-order chi connectivity index (χ1) is 6.45. The third-order valence-corrected chi connectivity index (χ3v) is 2.27. The molecule has 0 aromatic heterocycles. The number of hydrogen-bond donors (Lipinski definition) is 0. The van der Waals surface area contributed by atoms with E-state index in [1.54, 1.807) is 6.07 Å². The van der Waals surface area contributed by atoms with E-state index >= 15 is 0 Å². The number of halogens is 1. The van der Waals surface area contributed by atoms with E-state index in [0.29, 0.717) is 10.7 Å². The minimum absolute atomic E-state index is 0.0541. The van der Waals surface area contributed by atoms with E-state index in [9.17, 15) is 0 Å². The molecule has 74 valence electrons. The van der Waals surface area contributed by atoms with Gasteiger partial charge >= 0.3 is 0 Å². The molecule has 1 aromatic carbocycles. The molecule has 0 aliphatic rings. The summed E-state index contributed by atoms with van der Waals surface area (Å²) >= 11 is 5.95. The van der Waals surface area contributed by atoms with Crippen molar-refractivity contribution in [1.82, 2.24) is 0 Å². The molecule has 0 amide bonds. The molecule has 0 atom stereocenters. The lowest BCUT2D eigenvalue weighted by Gasteiger charge is -2.19. The second kappa shape index (κ2) is 3.91. The lowest BCUT2D eigenvalue weighted by molar-refractivity contribution is 0.590. The fraction of sp³-hybridized carbons (Fsp3) is 0.400. The lowest BCUT2D eigenvalue weighted by Crippen LogP contribution is -2.10. The van der Waals surface area contributed by atoms with Gasteiger partial charge in [0.2, 0.25) is 0 Å². The molecule has 0 aliphatic carbocycles. The van der Waals surface area contributed by atoms with Gasteiger partial charge in [0.05, 0.1) is 10.7 Å². The molecule has 1 aromatic rings. The second-order valence-corrected chi connectivity index (χ2v) is 4.51. The van der Waals surface area contributed by atoms with Gasteiger partial charge in [-0.25, -0.2) is 0 Å². The first-order valence-electron chi connectivity index (χ1n) is 4.30. The average Bonchev–Trinajstić information content (AvgIpc) is 2.07. The molecule has 0 saturated carbocycles. The predicted octanol–water partition coefficient (Wildman–Crippen LogP) is 4.58. The van der Waals surface area contributed by atoms with Crippen LogP contribution in [0.4, 0.5) is 5.69 Å². The molecule has 14 heavy (non-hydrogen) atoms. The van der Waals surface area contributed by atoms with E-state index in [-0.39, 0.29) is 5.41 Å². The van der Waals surface area contributed by atoms with Gasteiger partial charge in [-0.2, -0.15) is 0 Å². The highest BCUT2D eigenvalue weighted by molar-refractivity contribution is 6.33. The molecule has 4 heteroatoms.